The number of hydrogen-bond acceptors (Lipinski definition) is 6. The fraction of sp³-hybridized carbons (Fsp3) is 0.0417. The first-order valence-electron chi connectivity index (χ1n) is 10.2. The molecule has 0 saturated carbocycles. The van der Waals surface area contributed by atoms with Crippen molar-refractivity contribution in [2.45, 2.75) is 4.90 Å². The lowest BCUT2D eigenvalue weighted by Gasteiger charge is -2.13. The normalized spacial score (nSPS) is 11.5. The van der Waals surface area contributed by atoms with Gasteiger partial charge in [0.05, 0.1) is 19.0 Å². The standard InChI is InChI=1S/C24H18FN5O3S/c1-33-24-21(29-34(31,32)22-7-3-2-6-20(22)25)12-18(14-28-24)17-11-16-8-10-30(23(16)27-13-17)19-5-4-9-26-15-19/h2-15,29H,1H3. The van der Waals surface area contributed by atoms with Crippen LogP contribution in [-0.2, 0) is 10.0 Å². The summed E-state index contributed by atoms with van der Waals surface area (Å²) in [6, 6.07) is 14.3. The summed E-state index contributed by atoms with van der Waals surface area (Å²) in [4.78, 5) is 12.5. The van der Waals surface area contributed by atoms with Crippen LogP contribution in [0.3, 0.4) is 0 Å². The van der Waals surface area contributed by atoms with Gasteiger partial charge < -0.3 is 4.74 Å². The van der Waals surface area contributed by atoms with Crippen molar-refractivity contribution < 1.29 is 17.5 Å². The van der Waals surface area contributed by atoms with Gasteiger partial charge in [0.1, 0.15) is 22.0 Å². The number of anilines is 1. The van der Waals surface area contributed by atoms with Crippen LogP contribution in [0.15, 0.2) is 90.5 Å². The molecule has 34 heavy (non-hydrogen) atoms. The molecule has 0 saturated heterocycles. The molecule has 4 aromatic heterocycles. The van der Waals surface area contributed by atoms with E-state index in [-0.39, 0.29) is 11.6 Å². The van der Waals surface area contributed by atoms with Gasteiger partial charge in [0, 0.05) is 41.3 Å². The Bertz CT molecular complexity index is 1600. The van der Waals surface area contributed by atoms with E-state index in [9.17, 15) is 12.8 Å². The Hall–Kier alpha value is -4.31. The molecule has 5 rings (SSSR count). The molecule has 5 aromatic rings. The molecule has 0 aliphatic rings. The molecule has 1 aromatic carbocycles. The average Bonchev–Trinajstić information content (AvgIpc) is 3.28. The van der Waals surface area contributed by atoms with E-state index in [2.05, 4.69) is 19.7 Å². The molecule has 0 radical (unpaired) electrons. The molecule has 170 valence electrons. The predicted octanol–water partition coefficient (Wildman–Crippen LogP) is 4.43. The second-order valence-electron chi connectivity index (χ2n) is 7.35. The largest absolute Gasteiger partial charge is 0.480 e. The maximum absolute atomic E-state index is 14.1. The molecule has 0 unspecified atom stereocenters. The molecule has 0 bridgehead atoms. The van der Waals surface area contributed by atoms with Crippen LogP contribution in [0.25, 0.3) is 27.8 Å². The molecular weight excluding hydrogens is 457 g/mol. The van der Waals surface area contributed by atoms with Crippen molar-refractivity contribution in [3.63, 3.8) is 0 Å². The van der Waals surface area contributed by atoms with E-state index in [0.717, 1.165) is 28.4 Å². The van der Waals surface area contributed by atoms with Gasteiger partial charge in [0.15, 0.2) is 0 Å². The zero-order chi connectivity index (χ0) is 23.7. The SMILES string of the molecule is COc1ncc(-c2cnc3c(ccn3-c3cccnc3)c2)cc1NS(=O)(=O)c1ccccc1F. The van der Waals surface area contributed by atoms with E-state index >= 15 is 0 Å². The Morgan fingerprint density at radius 3 is 2.53 bits per heavy atom. The highest BCUT2D eigenvalue weighted by Gasteiger charge is 2.21. The van der Waals surface area contributed by atoms with Gasteiger partial charge in [-0.2, -0.15) is 0 Å². The van der Waals surface area contributed by atoms with Gasteiger partial charge >= 0.3 is 0 Å². The lowest BCUT2D eigenvalue weighted by Crippen LogP contribution is -2.15. The van der Waals surface area contributed by atoms with Crippen molar-refractivity contribution in [1.29, 1.82) is 0 Å². The van der Waals surface area contributed by atoms with Crippen LogP contribution in [0.1, 0.15) is 0 Å². The van der Waals surface area contributed by atoms with E-state index in [1.54, 1.807) is 30.9 Å². The number of halogens is 1. The first kappa shape index (κ1) is 21.5. The summed E-state index contributed by atoms with van der Waals surface area (Å²) < 4.78 is 49.2. The average molecular weight is 476 g/mol. The van der Waals surface area contributed by atoms with E-state index in [4.69, 9.17) is 4.74 Å². The number of ether oxygens (including phenoxy) is 1. The topological polar surface area (TPSA) is 99.0 Å². The fourth-order valence-electron chi connectivity index (χ4n) is 3.59. The number of methoxy groups -OCH3 is 1. The number of sulfonamides is 1. The summed E-state index contributed by atoms with van der Waals surface area (Å²) in [6.45, 7) is 0. The third kappa shape index (κ3) is 3.95. The van der Waals surface area contributed by atoms with Gasteiger partial charge in [-0.15, -0.1) is 0 Å². The molecule has 0 fully saturated rings. The summed E-state index contributed by atoms with van der Waals surface area (Å²) in [7, 11) is -2.83. The Labute approximate surface area is 194 Å². The zero-order valence-corrected chi connectivity index (χ0v) is 18.7. The maximum Gasteiger partial charge on any atom is 0.264 e. The van der Waals surface area contributed by atoms with Crippen molar-refractivity contribution in [3.05, 3.63) is 91.4 Å². The summed E-state index contributed by atoms with van der Waals surface area (Å²) >= 11 is 0. The number of nitrogens with zero attached hydrogens (tertiary/aromatic N) is 4. The van der Waals surface area contributed by atoms with E-state index in [1.807, 2.05) is 35.0 Å². The predicted molar refractivity (Wildman–Crippen MR) is 126 cm³/mol. The van der Waals surface area contributed by atoms with Crippen LogP contribution in [0, 0.1) is 5.82 Å². The van der Waals surface area contributed by atoms with Gasteiger partial charge in [-0.1, -0.05) is 12.1 Å². The number of pyridine rings is 3. The first-order chi connectivity index (χ1) is 16.5. The molecule has 0 atom stereocenters. The van der Waals surface area contributed by atoms with Crippen molar-refractivity contribution in [1.82, 2.24) is 19.5 Å². The fourth-order valence-corrected chi connectivity index (χ4v) is 4.72. The molecule has 4 heterocycles. The molecule has 10 heteroatoms. The summed E-state index contributed by atoms with van der Waals surface area (Å²) in [5, 5.41) is 0.880. The van der Waals surface area contributed by atoms with Crippen LogP contribution in [0.2, 0.25) is 0 Å². The zero-order valence-electron chi connectivity index (χ0n) is 17.9. The van der Waals surface area contributed by atoms with E-state index < -0.39 is 20.7 Å². The van der Waals surface area contributed by atoms with E-state index in [0.29, 0.717) is 5.56 Å². The highest BCUT2D eigenvalue weighted by molar-refractivity contribution is 7.92. The van der Waals surface area contributed by atoms with Crippen molar-refractivity contribution in [3.8, 4) is 22.7 Å². The second kappa shape index (κ2) is 8.56. The Balaban J connectivity index is 1.53. The number of rotatable bonds is 6. The lowest BCUT2D eigenvalue weighted by atomic mass is 10.1. The lowest BCUT2D eigenvalue weighted by molar-refractivity contribution is 0.400. The Morgan fingerprint density at radius 1 is 0.971 bits per heavy atom. The Morgan fingerprint density at radius 2 is 1.76 bits per heavy atom. The van der Waals surface area contributed by atoms with E-state index in [1.165, 1.54) is 25.3 Å². The summed E-state index contributed by atoms with van der Waals surface area (Å²) in [6.07, 6.45) is 8.58. The third-order valence-corrected chi connectivity index (χ3v) is 6.60. The molecule has 0 aliphatic heterocycles. The smallest absolute Gasteiger partial charge is 0.264 e. The van der Waals surface area contributed by atoms with Gasteiger partial charge in [0.2, 0.25) is 5.88 Å². The van der Waals surface area contributed by atoms with Crippen LogP contribution in [0.5, 0.6) is 5.88 Å². The Kier molecular flexibility index (Phi) is 5.42. The van der Waals surface area contributed by atoms with Crippen LogP contribution < -0.4 is 9.46 Å². The molecule has 0 aliphatic carbocycles. The summed E-state index contributed by atoms with van der Waals surface area (Å²) in [5.41, 5.74) is 3.04. The minimum Gasteiger partial charge on any atom is -0.480 e. The van der Waals surface area contributed by atoms with Crippen LogP contribution in [0.4, 0.5) is 10.1 Å². The summed E-state index contributed by atoms with van der Waals surface area (Å²) in [5.74, 6) is -0.800. The number of aromatic nitrogens is 4. The van der Waals surface area contributed by atoms with Crippen LogP contribution >= 0.6 is 0 Å². The molecule has 0 amide bonds. The number of benzene rings is 1. The molecular formula is C24H18FN5O3S. The number of nitrogens with one attached hydrogen (secondary N) is 1. The van der Waals surface area contributed by atoms with Crippen molar-refractivity contribution in [2.24, 2.45) is 0 Å². The first-order valence-corrected chi connectivity index (χ1v) is 11.6. The molecule has 0 spiro atoms. The van der Waals surface area contributed by atoms with Crippen molar-refractivity contribution in [2.75, 3.05) is 11.8 Å². The molecule has 1 N–H and O–H groups in total. The number of hydrogen-bond donors (Lipinski definition) is 1. The number of fused-ring (bicyclic) bond motifs is 1. The van der Waals surface area contributed by atoms with Gasteiger partial charge in [-0.05, 0) is 42.5 Å². The minimum absolute atomic E-state index is 0.0560. The van der Waals surface area contributed by atoms with Gasteiger partial charge in [0.25, 0.3) is 10.0 Å². The monoisotopic (exact) mass is 475 g/mol. The minimum atomic E-state index is -4.21. The molecule has 8 nitrogen and oxygen atoms in total. The second-order valence-corrected chi connectivity index (χ2v) is 9.00. The highest BCUT2D eigenvalue weighted by atomic mass is 32.2. The third-order valence-electron chi connectivity index (χ3n) is 5.20. The maximum atomic E-state index is 14.1. The van der Waals surface area contributed by atoms with Gasteiger partial charge in [-0.25, -0.2) is 22.8 Å². The van der Waals surface area contributed by atoms with Crippen LogP contribution in [-0.4, -0.2) is 35.0 Å². The van der Waals surface area contributed by atoms with Crippen molar-refractivity contribution >= 4 is 26.7 Å². The quantitative estimate of drug-likeness (QED) is 0.390. The highest BCUT2D eigenvalue weighted by Crippen LogP contribution is 2.31. The van der Waals surface area contributed by atoms with Gasteiger partial charge in [-0.3, -0.25) is 14.3 Å².